The highest BCUT2D eigenvalue weighted by Crippen LogP contribution is 2.29. The molecule has 0 bridgehead atoms. The molecule has 0 aliphatic carbocycles. The van der Waals surface area contributed by atoms with Gasteiger partial charge in [-0.2, -0.15) is 0 Å². The smallest absolute Gasteiger partial charge is 0.0246 e. The molecule has 0 saturated carbocycles. The molecule has 1 nitrogen and oxygen atoms in total. The summed E-state index contributed by atoms with van der Waals surface area (Å²) in [6.45, 7) is 7.04. The molecular formula is C19H23N. The highest BCUT2D eigenvalue weighted by Gasteiger charge is 2.22. The van der Waals surface area contributed by atoms with Gasteiger partial charge in [0, 0.05) is 12.0 Å². The van der Waals surface area contributed by atoms with Crippen LogP contribution in [-0.2, 0) is 0 Å². The van der Waals surface area contributed by atoms with E-state index in [1.54, 1.807) is 0 Å². The monoisotopic (exact) mass is 265 g/mol. The molecule has 20 heavy (non-hydrogen) atoms. The Labute approximate surface area is 122 Å². The molecule has 0 radical (unpaired) electrons. The van der Waals surface area contributed by atoms with Crippen LogP contribution < -0.4 is 5.32 Å². The summed E-state index contributed by atoms with van der Waals surface area (Å²) >= 11 is 0. The van der Waals surface area contributed by atoms with Crippen molar-refractivity contribution in [3.63, 3.8) is 0 Å². The molecular weight excluding hydrogens is 242 g/mol. The van der Waals surface area contributed by atoms with Crippen LogP contribution >= 0.6 is 0 Å². The molecule has 0 aliphatic rings. The summed E-state index contributed by atoms with van der Waals surface area (Å²) in [4.78, 5) is 0. The molecule has 0 fully saturated rings. The zero-order chi connectivity index (χ0) is 14.2. The molecule has 0 aliphatic heterocycles. The Kier molecular flexibility index (Phi) is 5.57. The molecule has 1 heteroatoms. The predicted molar refractivity (Wildman–Crippen MR) is 87.0 cm³/mol. The number of nitrogens with one attached hydrogen (secondary N) is 1. The average molecular weight is 265 g/mol. The van der Waals surface area contributed by atoms with E-state index >= 15 is 0 Å². The topological polar surface area (TPSA) is 12.0 Å². The van der Waals surface area contributed by atoms with Crippen LogP contribution in [0.1, 0.15) is 30.4 Å². The summed E-state index contributed by atoms with van der Waals surface area (Å²) in [7, 11) is 0. The van der Waals surface area contributed by atoms with E-state index < -0.39 is 0 Å². The fourth-order valence-electron chi connectivity index (χ4n) is 2.76. The first kappa shape index (κ1) is 14.5. The van der Waals surface area contributed by atoms with Crippen LogP contribution in [0.4, 0.5) is 0 Å². The van der Waals surface area contributed by atoms with Crippen molar-refractivity contribution in [3.05, 3.63) is 84.4 Å². The van der Waals surface area contributed by atoms with Gasteiger partial charge in [-0.15, -0.1) is 6.58 Å². The van der Waals surface area contributed by atoms with Crippen molar-refractivity contribution in [2.24, 2.45) is 0 Å². The minimum absolute atomic E-state index is 0.357. The number of rotatable bonds is 7. The minimum atomic E-state index is 0.357. The molecule has 2 rings (SSSR count). The van der Waals surface area contributed by atoms with Crippen molar-refractivity contribution < 1.29 is 0 Å². The van der Waals surface area contributed by atoms with Crippen LogP contribution in [0.15, 0.2) is 73.3 Å². The van der Waals surface area contributed by atoms with Crippen LogP contribution in [0.5, 0.6) is 0 Å². The Morgan fingerprint density at radius 1 is 0.950 bits per heavy atom. The van der Waals surface area contributed by atoms with E-state index in [1.165, 1.54) is 11.1 Å². The predicted octanol–water partition coefficient (Wildman–Crippen LogP) is 4.37. The first-order valence-electron chi connectivity index (χ1n) is 7.31. The molecule has 104 valence electrons. The second-order valence-corrected chi connectivity index (χ2v) is 4.99. The normalized spacial score (nSPS) is 12.3. The first-order chi connectivity index (χ1) is 9.86. The van der Waals surface area contributed by atoms with Crippen LogP contribution in [0.3, 0.4) is 0 Å². The van der Waals surface area contributed by atoms with E-state index in [0.29, 0.717) is 12.0 Å². The molecule has 2 aromatic carbocycles. The molecule has 0 amide bonds. The third kappa shape index (κ3) is 3.58. The Hall–Kier alpha value is -1.86. The third-order valence-electron chi connectivity index (χ3n) is 3.61. The Bertz CT molecular complexity index is 464. The van der Waals surface area contributed by atoms with Crippen LogP contribution in [-0.4, -0.2) is 12.6 Å². The van der Waals surface area contributed by atoms with Crippen molar-refractivity contribution in [3.8, 4) is 0 Å². The molecule has 0 spiro atoms. The van der Waals surface area contributed by atoms with Gasteiger partial charge in [0.2, 0.25) is 0 Å². The lowest BCUT2D eigenvalue weighted by Crippen LogP contribution is -2.35. The molecule has 0 aromatic heterocycles. The third-order valence-corrected chi connectivity index (χ3v) is 3.61. The number of hydrogen-bond acceptors (Lipinski definition) is 1. The quantitative estimate of drug-likeness (QED) is 0.733. The van der Waals surface area contributed by atoms with Gasteiger partial charge in [0.1, 0.15) is 0 Å². The summed E-state index contributed by atoms with van der Waals surface area (Å²) in [6.07, 6.45) is 2.97. The lowest BCUT2D eigenvalue weighted by atomic mass is 9.83. The minimum Gasteiger partial charge on any atom is -0.313 e. The summed E-state index contributed by atoms with van der Waals surface area (Å²) in [5.41, 5.74) is 2.71. The Morgan fingerprint density at radius 2 is 1.45 bits per heavy atom. The second kappa shape index (κ2) is 7.66. The summed E-state index contributed by atoms with van der Waals surface area (Å²) in [6, 6.07) is 21.8. The number of likely N-dealkylation sites (N-methyl/N-ethyl adjacent to an activating group) is 1. The van der Waals surface area contributed by atoms with Gasteiger partial charge >= 0.3 is 0 Å². The first-order valence-corrected chi connectivity index (χ1v) is 7.31. The van der Waals surface area contributed by atoms with Crippen molar-refractivity contribution in [2.45, 2.75) is 25.3 Å². The van der Waals surface area contributed by atoms with E-state index in [-0.39, 0.29) is 0 Å². The number of hydrogen-bond donors (Lipinski definition) is 1. The molecule has 1 atom stereocenters. The van der Waals surface area contributed by atoms with Crippen molar-refractivity contribution >= 4 is 0 Å². The van der Waals surface area contributed by atoms with Crippen LogP contribution in [0, 0.1) is 0 Å². The van der Waals surface area contributed by atoms with E-state index in [2.05, 4.69) is 79.5 Å². The van der Waals surface area contributed by atoms with Gasteiger partial charge in [-0.25, -0.2) is 0 Å². The summed E-state index contributed by atoms with van der Waals surface area (Å²) in [5.74, 6) is 0.357. The molecule has 2 aromatic rings. The summed E-state index contributed by atoms with van der Waals surface area (Å²) in [5, 5.41) is 3.61. The van der Waals surface area contributed by atoms with Crippen molar-refractivity contribution in [2.75, 3.05) is 6.54 Å². The molecule has 0 saturated heterocycles. The fourth-order valence-corrected chi connectivity index (χ4v) is 2.76. The van der Waals surface area contributed by atoms with Gasteiger partial charge in [-0.3, -0.25) is 0 Å². The van der Waals surface area contributed by atoms with Gasteiger partial charge in [0.15, 0.2) is 0 Å². The molecule has 1 unspecified atom stereocenters. The lowest BCUT2D eigenvalue weighted by Gasteiger charge is -2.28. The molecule has 0 heterocycles. The van der Waals surface area contributed by atoms with Crippen molar-refractivity contribution in [1.29, 1.82) is 0 Å². The maximum absolute atomic E-state index is 3.91. The van der Waals surface area contributed by atoms with E-state index in [1.807, 2.05) is 6.08 Å². The lowest BCUT2D eigenvalue weighted by molar-refractivity contribution is 0.482. The van der Waals surface area contributed by atoms with E-state index in [4.69, 9.17) is 0 Å². The SMILES string of the molecule is C=CCC(NCC)C(c1ccccc1)c1ccccc1. The maximum atomic E-state index is 3.91. The highest BCUT2D eigenvalue weighted by atomic mass is 14.9. The Morgan fingerprint density at radius 3 is 1.85 bits per heavy atom. The van der Waals surface area contributed by atoms with Gasteiger partial charge in [0.25, 0.3) is 0 Å². The van der Waals surface area contributed by atoms with Gasteiger partial charge < -0.3 is 5.32 Å². The zero-order valence-electron chi connectivity index (χ0n) is 12.1. The van der Waals surface area contributed by atoms with Crippen LogP contribution in [0.25, 0.3) is 0 Å². The van der Waals surface area contributed by atoms with Gasteiger partial charge in [0.05, 0.1) is 0 Å². The van der Waals surface area contributed by atoms with E-state index in [0.717, 1.165) is 13.0 Å². The standard InChI is InChI=1S/C19H23N/c1-3-11-18(20-4-2)19(16-12-7-5-8-13-16)17-14-9-6-10-15-17/h3,5-10,12-15,18-20H,1,4,11H2,2H3. The maximum Gasteiger partial charge on any atom is 0.0246 e. The summed E-state index contributed by atoms with van der Waals surface area (Å²) < 4.78 is 0. The highest BCUT2D eigenvalue weighted by molar-refractivity contribution is 5.34. The van der Waals surface area contributed by atoms with Crippen molar-refractivity contribution in [1.82, 2.24) is 5.32 Å². The number of benzene rings is 2. The largest absolute Gasteiger partial charge is 0.313 e. The second-order valence-electron chi connectivity index (χ2n) is 4.99. The fraction of sp³-hybridized carbons (Fsp3) is 0.263. The zero-order valence-corrected chi connectivity index (χ0v) is 12.1. The average Bonchev–Trinajstić information content (AvgIpc) is 2.50. The van der Waals surface area contributed by atoms with Crippen LogP contribution in [0.2, 0.25) is 0 Å². The Balaban J connectivity index is 2.40. The van der Waals surface area contributed by atoms with E-state index in [9.17, 15) is 0 Å². The van der Waals surface area contributed by atoms with Gasteiger partial charge in [-0.1, -0.05) is 73.7 Å². The molecule has 1 N–H and O–H groups in total. The van der Waals surface area contributed by atoms with Gasteiger partial charge in [-0.05, 0) is 24.1 Å².